The summed E-state index contributed by atoms with van der Waals surface area (Å²) in [5.41, 5.74) is 6.34. The van der Waals surface area contributed by atoms with Gasteiger partial charge in [0.05, 0.1) is 11.6 Å². The van der Waals surface area contributed by atoms with Crippen LogP contribution < -0.4 is 5.73 Å². The molecule has 1 rings (SSSR count). The lowest BCUT2D eigenvalue weighted by Crippen LogP contribution is -2.20. The molecule has 0 bridgehead atoms. The third-order valence-corrected chi connectivity index (χ3v) is 1.85. The third-order valence-electron chi connectivity index (χ3n) is 1.85. The van der Waals surface area contributed by atoms with Gasteiger partial charge in [0.1, 0.15) is 0 Å². The fourth-order valence-electron chi connectivity index (χ4n) is 1.12. The van der Waals surface area contributed by atoms with E-state index in [1.165, 1.54) is 0 Å². The van der Waals surface area contributed by atoms with Gasteiger partial charge in [0.15, 0.2) is 0 Å². The molecule has 1 aromatic heterocycles. The number of alkyl halides is 2. The smallest absolute Gasteiger partial charge is 0.248 e. The summed E-state index contributed by atoms with van der Waals surface area (Å²) in [6.07, 6.45) is -2.45. The Kier molecular flexibility index (Phi) is 3.31. The maximum atomic E-state index is 12.4. The summed E-state index contributed by atoms with van der Waals surface area (Å²) >= 11 is 0. The van der Waals surface area contributed by atoms with Crippen LogP contribution in [0.3, 0.4) is 0 Å². The van der Waals surface area contributed by atoms with Crippen LogP contribution in [0.4, 0.5) is 8.78 Å². The van der Waals surface area contributed by atoms with Gasteiger partial charge >= 0.3 is 0 Å². The quantitative estimate of drug-likeness (QED) is 0.780. The summed E-state index contributed by atoms with van der Waals surface area (Å²) in [4.78, 5) is 4.01. The van der Waals surface area contributed by atoms with E-state index < -0.39 is 12.3 Å². The van der Waals surface area contributed by atoms with Crippen molar-refractivity contribution in [1.29, 1.82) is 0 Å². The van der Waals surface area contributed by atoms with Crippen molar-refractivity contribution in [2.75, 3.05) is 6.54 Å². The van der Waals surface area contributed by atoms with E-state index in [1.807, 2.05) is 0 Å². The second-order valence-electron chi connectivity index (χ2n) is 2.88. The molecule has 1 heterocycles. The van der Waals surface area contributed by atoms with Gasteiger partial charge in [0, 0.05) is 12.2 Å². The van der Waals surface area contributed by atoms with Gasteiger partial charge in [-0.2, -0.15) is 0 Å². The Morgan fingerprint density at radius 1 is 1.46 bits per heavy atom. The molecule has 0 fully saturated rings. The second kappa shape index (κ2) is 4.28. The molecule has 4 heteroatoms. The first kappa shape index (κ1) is 10.1. The molecule has 0 aliphatic heterocycles. The number of aryl methyl sites for hydroxylation is 1. The lowest BCUT2D eigenvalue weighted by atomic mass is 10.1. The second-order valence-corrected chi connectivity index (χ2v) is 2.88. The largest absolute Gasteiger partial charge is 0.330 e. The third kappa shape index (κ3) is 2.45. The fourth-order valence-corrected chi connectivity index (χ4v) is 1.12. The Labute approximate surface area is 75.8 Å². The highest BCUT2D eigenvalue weighted by molar-refractivity contribution is 5.14. The Hall–Kier alpha value is -1.03. The van der Waals surface area contributed by atoms with Gasteiger partial charge in [-0.15, -0.1) is 0 Å². The molecule has 0 saturated heterocycles. The number of hydrogen-bond acceptors (Lipinski definition) is 2. The molecule has 72 valence electrons. The monoisotopic (exact) mass is 186 g/mol. The Morgan fingerprint density at radius 3 is 2.62 bits per heavy atom. The summed E-state index contributed by atoms with van der Waals surface area (Å²) in [7, 11) is 0. The minimum absolute atomic E-state index is 0.0753. The molecular weight excluding hydrogens is 174 g/mol. The predicted octanol–water partition coefficient (Wildman–Crippen LogP) is 1.70. The van der Waals surface area contributed by atoms with Gasteiger partial charge in [-0.05, 0) is 19.1 Å². The van der Waals surface area contributed by atoms with Gasteiger partial charge in [-0.1, -0.05) is 6.07 Å². The normalized spacial score (nSPS) is 13.3. The number of nitrogens with zero attached hydrogens (tertiary/aromatic N) is 1. The van der Waals surface area contributed by atoms with Crippen LogP contribution in [0, 0.1) is 6.92 Å². The fraction of sp³-hybridized carbons (Fsp3) is 0.444. The maximum Gasteiger partial charge on any atom is 0.248 e. The van der Waals surface area contributed by atoms with Crippen molar-refractivity contribution in [1.82, 2.24) is 4.98 Å². The van der Waals surface area contributed by atoms with Gasteiger partial charge in [-0.25, -0.2) is 8.78 Å². The molecule has 0 amide bonds. The highest BCUT2D eigenvalue weighted by atomic mass is 19.3. The number of hydrogen-bond donors (Lipinski definition) is 1. The molecule has 13 heavy (non-hydrogen) atoms. The standard InChI is InChI=1S/C9H12F2N2/c1-6-3-2-4-8(13-6)7(5-12)9(10)11/h2-4,7,9H,5,12H2,1H3. The molecule has 0 spiro atoms. The van der Waals surface area contributed by atoms with Crippen LogP contribution in [0.15, 0.2) is 18.2 Å². The summed E-state index contributed by atoms with van der Waals surface area (Å²) in [6, 6.07) is 5.06. The van der Waals surface area contributed by atoms with Gasteiger partial charge < -0.3 is 5.73 Å². The molecular formula is C9H12F2N2. The molecule has 1 unspecified atom stereocenters. The van der Waals surface area contributed by atoms with E-state index >= 15 is 0 Å². The molecule has 0 radical (unpaired) electrons. The highest BCUT2D eigenvalue weighted by Crippen LogP contribution is 2.20. The molecule has 0 saturated carbocycles. The van der Waals surface area contributed by atoms with Crippen LogP contribution >= 0.6 is 0 Å². The highest BCUT2D eigenvalue weighted by Gasteiger charge is 2.21. The Balaban J connectivity index is 2.91. The van der Waals surface area contributed by atoms with Crippen molar-refractivity contribution in [3.05, 3.63) is 29.6 Å². The zero-order chi connectivity index (χ0) is 9.84. The molecule has 0 aliphatic rings. The van der Waals surface area contributed by atoms with Crippen molar-refractivity contribution in [3.8, 4) is 0 Å². The average Bonchev–Trinajstić information content (AvgIpc) is 2.04. The summed E-state index contributed by atoms with van der Waals surface area (Å²) in [5.74, 6) is -0.945. The number of pyridine rings is 1. The SMILES string of the molecule is Cc1cccc(C(CN)C(F)F)n1. The average molecular weight is 186 g/mol. The summed E-state index contributed by atoms with van der Waals surface area (Å²) in [6.45, 7) is 1.69. The van der Waals surface area contributed by atoms with E-state index in [1.54, 1.807) is 25.1 Å². The van der Waals surface area contributed by atoms with Crippen LogP contribution in [0.2, 0.25) is 0 Å². The molecule has 1 atom stereocenters. The summed E-state index contributed by atoms with van der Waals surface area (Å²) in [5, 5.41) is 0. The van der Waals surface area contributed by atoms with Crippen LogP contribution in [-0.4, -0.2) is 18.0 Å². The van der Waals surface area contributed by atoms with E-state index in [2.05, 4.69) is 4.98 Å². The van der Waals surface area contributed by atoms with E-state index in [0.29, 0.717) is 5.69 Å². The zero-order valence-corrected chi connectivity index (χ0v) is 7.37. The first-order chi connectivity index (χ1) is 6.15. The predicted molar refractivity (Wildman–Crippen MR) is 46.8 cm³/mol. The number of nitrogens with two attached hydrogens (primary N) is 1. The van der Waals surface area contributed by atoms with E-state index in [9.17, 15) is 8.78 Å². The first-order valence-corrected chi connectivity index (χ1v) is 4.07. The van der Waals surface area contributed by atoms with Gasteiger partial charge in [0.2, 0.25) is 6.43 Å². The number of aromatic nitrogens is 1. The van der Waals surface area contributed by atoms with Gasteiger partial charge in [-0.3, -0.25) is 4.98 Å². The minimum atomic E-state index is -2.45. The lowest BCUT2D eigenvalue weighted by Gasteiger charge is -2.12. The molecule has 2 N–H and O–H groups in total. The Bertz CT molecular complexity index is 276. The van der Waals surface area contributed by atoms with Crippen LogP contribution in [-0.2, 0) is 0 Å². The van der Waals surface area contributed by atoms with Crippen molar-refractivity contribution >= 4 is 0 Å². The topological polar surface area (TPSA) is 38.9 Å². The minimum Gasteiger partial charge on any atom is -0.330 e. The number of rotatable bonds is 3. The Morgan fingerprint density at radius 2 is 2.15 bits per heavy atom. The van der Waals surface area contributed by atoms with Crippen molar-refractivity contribution < 1.29 is 8.78 Å². The zero-order valence-electron chi connectivity index (χ0n) is 7.37. The van der Waals surface area contributed by atoms with E-state index in [-0.39, 0.29) is 6.54 Å². The van der Waals surface area contributed by atoms with Gasteiger partial charge in [0.25, 0.3) is 0 Å². The molecule has 2 nitrogen and oxygen atoms in total. The summed E-state index contributed by atoms with van der Waals surface area (Å²) < 4.78 is 24.8. The maximum absolute atomic E-state index is 12.4. The van der Waals surface area contributed by atoms with Crippen LogP contribution in [0.1, 0.15) is 17.3 Å². The molecule has 0 aromatic carbocycles. The van der Waals surface area contributed by atoms with Crippen molar-refractivity contribution in [2.24, 2.45) is 5.73 Å². The van der Waals surface area contributed by atoms with Crippen LogP contribution in [0.25, 0.3) is 0 Å². The van der Waals surface area contributed by atoms with Crippen molar-refractivity contribution in [3.63, 3.8) is 0 Å². The van der Waals surface area contributed by atoms with E-state index in [0.717, 1.165) is 5.69 Å². The van der Waals surface area contributed by atoms with Crippen molar-refractivity contribution in [2.45, 2.75) is 19.3 Å². The first-order valence-electron chi connectivity index (χ1n) is 4.07. The van der Waals surface area contributed by atoms with Crippen LogP contribution in [0.5, 0.6) is 0 Å². The number of halogens is 2. The lowest BCUT2D eigenvalue weighted by molar-refractivity contribution is 0.115. The molecule has 1 aromatic rings. The molecule has 0 aliphatic carbocycles. The van der Waals surface area contributed by atoms with E-state index in [4.69, 9.17) is 5.73 Å².